The smallest absolute Gasteiger partial charge is 0.267 e. The molecule has 1 aromatic heterocycles. The van der Waals surface area contributed by atoms with Crippen LogP contribution in [0.3, 0.4) is 0 Å². The average molecular weight is 518 g/mol. The second-order valence-electron chi connectivity index (χ2n) is 8.06. The number of halogens is 3. The minimum Gasteiger partial charge on any atom is -0.490 e. The number of ether oxygens (including phenoxy) is 2. The molecule has 2 fully saturated rings. The van der Waals surface area contributed by atoms with E-state index in [1.807, 2.05) is 6.07 Å². The van der Waals surface area contributed by atoms with Crippen molar-refractivity contribution < 1.29 is 27.1 Å². The fourth-order valence-electron chi connectivity index (χ4n) is 3.57. The lowest BCUT2D eigenvalue weighted by Gasteiger charge is -2.27. The van der Waals surface area contributed by atoms with Crippen molar-refractivity contribution in [1.29, 1.82) is 0 Å². The molecule has 1 N–H and O–H groups in total. The van der Waals surface area contributed by atoms with Crippen LogP contribution in [0.1, 0.15) is 36.0 Å². The first-order chi connectivity index (χ1) is 15.6. The molecular weight excluding hydrogens is 496 g/mol. The normalized spacial score (nSPS) is 18.3. The molecule has 4 rings (SSSR count). The van der Waals surface area contributed by atoms with Crippen molar-refractivity contribution in [3.63, 3.8) is 0 Å². The predicted molar refractivity (Wildman–Crippen MR) is 122 cm³/mol. The molecule has 1 aliphatic heterocycles. The number of aromatic nitrogens is 1. The molecule has 12 heteroatoms. The van der Waals surface area contributed by atoms with E-state index in [1.165, 1.54) is 0 Å². The van der Waals surface area contributed by atoms with Crippen LogP contribution in [0, 0.1) is 5.82 Å². The summed E-state index contributed by atoms with van der Waals surface area (Å²) in [5, 5.41) is 0.435. The summed E-state index contributed by atoms with van der Waals surface area (Å²) in [6.07, 6.45) is 6.50. The summed E-state index contributed by atoms with van der Waals surface area (Å²) in [7, 11) is -3.84. The number of amides is 1. The van der Waals surface area contributed by atoms with Gasteiger partial charge in [0.15, 0.2) is 0 Å². The topological polar surface area (TPSA) is 97.8 Å². The summed E-state index contributed by atoms with van der Waals surface area (Å²) >= 11 is 12.5. The molecule has 1 atom stereocenters. The van der Waals surface area contributed by atoms with Gasteiger partial charge in [-0.3, -0.25) is 4.79 Å². The number of pyridine rings is 1. The van der Waals surface area contributed by atoms with Gasteiger partial charge in [0, 0.05) is 12.6 Å². The molecule has 0 spiro atoms. The summed E-state index contributed by atoms with van der Waals surface area (Å²) in [4.78, 5) is 18.4. The van der Waals surface area contributed by atoms with E-state index in [2.05, 4.69) is 9.88 Å². The van der Waals surface area contributed by atoms with Crippen molar-refractivity contribution in [2.24, 2.45) is 0 Å². The Bertz CT molecular complexity index is 1180. The predicted octanol–water partition coefficient (Wildman–Crippen LogP) is 3.81. The number of rotatable bonds is 8. The SMILES string of the molecule is CS(=O)(=O)NC(=O)c1cc(Cl)c(OCC2CCCN2c2cnc(OC3CC3)c(Cl)c2)cc1F. The van der Waals surface area contributed by atoms with Gasteiger partial charge in [-0.25, -0.2) is 22.5 Å². The van der Waals surface area contributed by atoms with Gasteiger partial charge >= 0.3 is 0 Å². The fraction of sp³-hybridized carbons (Fsp3) is 0.429. The number of sulfonamides is 1. The van der Waals surface area contributed by atoms with Crippen LogP contribution in [-0.4, -0.2) is 50.9 Å². The highest BCUT2D eigenvalue weighted by Gasteiger charge is 2.29. The Hall–Kier alpha value is -2.30. The van der Waals surface area contributed by atoms with Gasteiger partial charge < -0.3 is 14.4 Å². The van der Waals surface area contributed by atoms with Crippen molar-refractivity contribution in [3.8, 4) is 11.6 Å². The quantitative estimate of drug-likeness (QED) is 0.568. The Balaban J connectivity index is 1.43. The minimum absolute atomic E-state index is 0.00844. The van der Waals surface area contributed by atoms with Crippen LogP contribution >= 0.6 is 23.2 Å². The molecule has 1 unspecified atom stereocenters. The number of anilines is 1. The third-order valence-corrected chi connectivity index (χ3v) is 6.40. The molecule has 0 radical (unpaired) electrons. The van der Waals surface area contributed by atoms with E-state index in [4.69, 9.17) is 32.7 Å². The Morgan fingerprint density at radius 2 is 2.00 bits per heavy atom. The van der Waals surface area contributed by atoms with Gasteiger partial charge in [0.2, 0.25) is 15.9 Å². The minimum atomic E-state index is -3.84. The molecule has 1 saturated carbocycles. The molecule has 178 valence electrons. The number of nitrogens with one attached hydrogen (secondary N) is 1. The van der Waals surface area contributed by atoms with Crippen LogP contribution in [0.4, 0.5) is 10.1 Å². The first-order valence-corrected chi connectivity index (χ1v) is 13.0. The van der Waals surface area contributed by atoms with E-state index >= 15 is 0 Å². The average Bonchev–Trinajstić information content (AvgIpc) is 3.42. The number of hydrogen-bond donors (Lipinski definition) is 1. The van der Waals surface area contributed by atoms with Gasteiger partial charge in [-0.1, -0.05) is 23.2 Å². The van der Waals surface area contributed by atoms with Crippen molar-refractivity contribution >= 4 is 44.8 Å². The monoisotopic (exact) mass is 517 g/mol. The van der Waals surface area contributed by atoms with Crippen LogP contribution in [-0.2, 0) is 10.0 Å². The molecule has 1 aromatic carbocycles. The summed E-state index contributed by atoms with van der Waals surface area (Å²) in [5.74, 6) is -1.57. The van der Waals surface area contributed by atoms with E-state index in [0.29, 0.717) is 10.9 Å². The molecule has 1 saturated heterocycles. The number of carbonyl (C=O) groups excluding carboxylic acids is 1. The Morgan fingerprint density at radius 3 is 2.67 bits per heavy atom. The van der Waals surface area contributed by atoms with E-state index in [0.717, 1.165) is 56.3 Å². The van der Waals surface area contributed by atoms with Crippen LogP contribution in [0.5, 0.6) is 11.6 Å². The van der Waals surface area contributed by atoms with Gasteiger partial charge in [0.25, 0.3) is 5.91 Å². The van der Waals surface area contributed by atoms with Crippen LogP contribution in [0.15, 0.2) is 24.4 Å². The van der Waals surface area contributed by atoms with E-state index in [-0.39, 0.29) is 29.5 Å². The highest BCUT2D eigenvalue weighted by molar-refractivity contribution is 7.89. The lowest BCUT2D eigenvalue weighted by Crippen LogP contribution is -2.34. The maximum absolute atomic E-state index is 14.4. The lowest BCUT2D eigenvalue weighted by atomic mass is 10.2. The number of hydrogen-bond acceptors (Lipinski definition) is 7. The molecule has 1 amide bonds. The molecule has 33 heavy (non-hydrogen) atoms. The largest absolute Gasteiger partial charge is 0.490 e. The standard InChI is InChI=1S/C21H22Cl2FN3O5S/c1-33(29,30)26-20(28)15-8-16(22)19(9-18(15)24)31-11-12-3-2-6-27(12)13-7-17(23)21(25-10-13)32-14-4-5-14/h7-10,12,14H,2-6,11H2,1H3,(H,26,28). The Kier molecular flexibility index (Phi) is 6.88. The molecule has 2 aromatic rings. The zero-order valence-corrected chi connectivity index (χ0v) is 20.0. The van der Waals surface area contributed by atoms with E-state index < -0.39 is 27.3 Å². The molecule has 8 nitrogen and oxygen atoms in total. The van der Waals surface area contributed by atoms with Crippen molar-refractivity contribution in [2.45, 2.75) is 37.8 Å². The summed E-state index contributed by atoms with van der Waals surface area (Å²) in [5.41, 5.74) is 0.341. The summed E-state index contributed by atoms with van der Waals surface area (Å²) in [6.45, 7) is 0.994. The maximum atomic E-state index is 14.4. The van der Waals surface area contributed by atoms with Gasteiger partial charge in [0.05, 0.1) is 34.8 Å². The van der Waals surface area contributed by atoms with Crippen molar-refractivity contribution in [2.75, 3.05) is 24.3 Å². The van der Waals surface area contributed by atoms with Gasteiger partial charge in [-0.05, 0) is 37.8 Å². The van der Waals surface area contributed by atoms with Crippen LogP contribution in [0.2, 0.25) is 10.0 Å². The maximum Gasteiger partial charge on any atom is 0.267 e. The second kappa shape index (κ2) is 9.52. The van der Waals surface area contributed by atoms with Gasteiger partial charge in [-0.15, -0.1) is 0 Å². The summed E-state index contributed by atoms with van der Waals surface area (Å²) in [6, 6.07) is 3.81. The van der Waals surface area contributed by atoms with Crippen molar-refractivity contribution in [3.05, 3.63) is 45.8 Å². The van der Waals surface area contributed by atoms with Gasteiger partial charge in [0.1, 0.15) is 29.3 Å². The molecular formula is C21H22Cl2FN3O5S. The van der Waals surface area contributed by atoms with E-state index in [9.17, 15) is 17.6 Å². The van der Waals surface area contributed by atoms with Crippen LogP contribution in [0.25, 0.3) is 0 Å². The third-order valence-electron chi connectivity index (χ3n) is 5.28. The molecule has 1 aliphatic carbocycles. The molecule has 0 bridgehead atoms. The number of benzene rings is 1. The Labute approximate surface area is 201 Å². The first-order valence-electron chi connectivity index (χ1n) is 10.3. The highest BCUT2D eigenvalue weighted by atomic mass is 35.5. The summed E-state index contributed by atoms with van der Waals surface area (Å²) < 4.78 is 50.0. The molecule has 2 aliphatic rings. The van der Waals surface area contributed by atoms with Crippen molar-refractivity contribution in [1.82, 2.24) is 9.71 Å². The Morgan fingerprint density at radius 1 is 1.24 bits per heavy atom. The number of nitrogens with zero attached hydrogens (tertiary/aromatic N) is 2. The first kappa shape index (κ1) is 23.8. The second-order valence-corrected chi connectivity index (χ2v) is 10.6. The van der Waals surface area contributed by atoms with E-state index in [1.54, 1.807) is 10.9 Å². The zero-order valence-electron chi connectivity index (χ0n) is 17.7. The number of carbonyl (C=O) groups is 1. The van der Waals surface area contributed by atoms with Crippen LogP contribution < -0.4 is 19.1 Å². The zero-order chi connectivity index (χ0) is 23.8. The molecule has 2 heterocycles. The third kappa shape index (κ3) is 5.99. The fourth-order valence-corrected chi connectivity index (χ4v) is 4.44. The highest BCUT2D eigenvalue weighted by Crippen LogP contribution is 2.35. The van der Waals surface area contributed by atoms with Gasteiger partial charge in [-0.2, -0.15) is 0 Å². The lowest BCUT2D eigenvalue weighted by molar-refractivity contribution is 0.0977.